The first-order valence-electron chi connectivity index (χ1n) is 8.85. The van der Waals surface area contributed by atoms with Crippen molar-refractivity contribution in [3.05, 3.63) is 65.4 Å². The van der Waals surface area contributed by atoms with Gasteiger partial charge < -0.3 is 10.3 Å². The molecular formula is C21H23N3O. The van der Waals surface area contributed by atoms with E-state index in [9.17, 15) is 4.79 Å². The van der Waals surface area contributed by atoms with Crippen molar-refractivity contribution in [2.45, 2.75) is 26.2 Å². The SMILES string of the molecule is Cc1[nH]c2ccccc2c1CCNC(=O)N1CC(C)c2ccccc21. The lowest BCUT2D eigenvalue weighted by Crippen LogP contribution is -2.40. The summed E-state index contributed by atoms with van der Waals surface area (Å²) < 4.78 is 0. The van der Waals surface area contributed by atoms with Crippen molar-refractivity contribution in [1.82, 2.24) is 10.3 Å². The molecule has 0 radical (unpaired) electrons. The molecule has 4 nitrogen and oxygen atoms in total. The molecule has 1 aliphatic heterocycles. The summed E-state index contributed by atoms with van der Waals surface area (Å²) in [6.07, 6.45) is 0.826. The van der Waals surface area contributed by atoms with Crippen LogP contribution in [0.15, 0.2) is 48.5 Å². The maximum Gasteiger partial charge on any atom is 0.321 e. The Morgan fingerprint density at radius 2 is 1.96 bits per heavy atom. The number of H-pyrrole nitrogens is 1. The lowest BCUT2D eigenvalue weighted by atomic mass is 10.0. The Balaban J connectivity index is 1.44. The number of aryl methyl sites for hydroxylation is 1. The maximum absolute atomic E-state index is 12.6. The number of aromatic nitrogens is 1. The minimum absolute atomic E-state index is 0.00528. The highest BCUT2D eigenvalue weighted by atomic mass is 16.2. The van der Waals surface area contributed by atoms with E-state index < -0.39 is 0 Å². The summed E-state index contributed by atoms with van der Waals surface area (Å²) in [5.41, 5.74) is 5.91. The molecule has 1 unspecified atom stereocenters. The van der Waals surface area contributed by atoms with Crippen LogP contribution in [-0.2, 0) is 6.42 Å². The number of hydrogen-bond acceptors (Lipinski definition) is 1. The van der Waals surface area contributed by atoms with E-state index in [0.717, 1.165) is 24.2 Å². The van der Waals surface area contributed by atoms with Crippen molar-refractivity contribution in [3.63, 3.8) is 0 Å². The Bertz CT molecular complexity index is 928. The summed E-state index contributed by atoms with van der Waals surface area (Å²) in [7, 11) is 0. The van der Waals surface area contributed by atoms with Crippen LogP contribution in [0.3, 0.4) is 0 Å². The summed E-state index contributed by atoms with van der Waals surface area (Å²) >= 11 is 0. The van der Waals surface area contributed by atoms with Crippen LogP contribution in [0.5, 0.6) is 0 Å². The van der Waals surface area contributed by atoms with Crippen molar-refractivity contribution < 1.29 is 4.79 Å². The van der Waals surface area contributed by atoms with Gasteiger partial charge in [0.2, 0.25) is 0 Å². The van der Waals surface area contributed by atoms with Gasteiger partial charge in [-0.15, -0.1) is 0 Å². The normalized spacial score (nSPS) is 16.2. The number of amides is 2. The van der Waals surface area contributed by atoms with E-state index in [2.05, 4.69) is 48.4 Å². The van der Waals surface area contributed by atoms with Crippen molar-refractivity contribution >= 4 is 22.6 Å². The van der Waals surface area contributed by atoms with Gasteiger partial charge in [-0.05, 0) is 36.6 Å². The molecule has 4 heteroatoms. The number of aromatic amines is 1. The zero-order chi connectivity index (χ0) is 17.4. The molecular weight excluding hydrogens is 310 g/mol. The van der Waals surface area contributed by atoms with Gasteiger partial charge in [-0.2, -0.15) is 0 Å². The summed E-state index contributed by atoms with van der Waals surface area (Å²) in [6.45, 7) is 5.64. The number of carbonyl (C=O) groups excluding carboxylic acids is 1. The number of rotatable bonds is 3. The molecule has 2 N–H and O–H groups in total. The molecule has 25 heavy (non-hydrogen) atoms. The summed E-state index contributed by atoms with van der Waals surface area (Å²) in [5.74, 6) is 0.387. The van der Waals surface area contributed by atoms with E-state index in [1.165, 1.54) is 22.2 Å². The molecule has 4 rings (SSSR count). The molecule has 0 aliphatic carbocycles. The van der Waals surface area contributed by atoms with Crippen molar-refractivity contribution in [1.29, 1.82) is 0 Å². The lowest BCUT2D eigenvalue weighted by Gasteiger charge is -2.18. The minimum atomic E-state index is -0.00528. The molecule has 0 saturated carbocycles. The summed E-state index contributed by atoms with van der Waals surface area (Å²) in [4.78, 5) is 17.9. The zero-order valence-electron chi connectivity index (χ0n) is 14.7. The number of nitrogens with one attached hydrogen (secondary N) is 2. The number of anilines is 1. The lowest BCUT2D eigenvalue weighted by molar-refractivity contribution is 0.246. The number of carbonyl (C=O) groups is 1. The van der Waals surface area contributed by atoms with Gasteiger partial charge in [0.25, 0.3) is 0 Å². The third kappa shape index (κ3) is 2.78. The predicted molar refractivity (Wildman–Crippen MR) is 102 cm³/mol. The van der Waals surface area contributed by atoms with Crippen LogP contribution in [0.2, 0.25) is 0 Å². The third-order valence-corrected chi connectivity index (χ3v) is 5.14. The average molecular weight is 333 g/mol. The predicted octanol–water partition coefficient (Wildman–Crippen LogP) is 4.35. The molecule has 3 aromatic rings. The highest BCUT2D eigenvalue weighted by Gasteiger charge is 2.29. The van der Waals surface area contributed by atoms with Gasteiger partial charge in [-0.1, -0.05) is 43.3 Å². The molecule has 1 atom stereocenters. The van der Waals surface area contributed by atoms with Crippen molar-refractivity contribution in [3.8, 4) is 0 Å². The fourth-order valence-corrected chi connectivity index (χ4v) is 3.86. The van der Waals surface area contributed by atoms with E-state index in [1.54, 1.807) is 0 Å². The molecule has 128 valence electrons. The van der Waals surface area contributed by atoms with Crippen LogP contribution < -0.4 is 10.2 Å². The van der Waals surface area contributed by atoms with E-state index in [0.29, 0.717) is 12.5 Å². The second kappa shape index (κ2) is 6.28. The van der Waals surface area contributed by atoms with Gasteiger partial charge in [0.05, 0.1) is 0 Å². The molecule has 0 saturated heterocycles. The van der Waals surface area contributed by atoms with Crippen molar-refractivity contribution in [2.24, 2.45) is 0 Å². The average Bonchev–Trinajstić information content (AvgIpc) is 3.13. The molecule has 2 aromatic carbocycles. The van der Waals surface area contributed by atoms with Crippen LogP contribution in [0, 0.1) is 6.92 Å². The minimum Gasteiger partial charge on any atom is -0.358 e. The van der Waals surface area contributed by atoms with Gasteiger partial charge in [-0.25, -0.2) is 4.79 Å². The topological polar surface area (TPSA) is 48.1 Å². The number of hydrogen-bond donors (Lipinski definition) is 2. The van der Waals surface area contributed by atoms with Gasteiger partial charge in [0.15, 0.2) is 0 Å². The Hall–Kier alpha value is -2.75. The van der Waals surface area contributed by atoms with Crippen molar-refractivity contribution in [2.75, 3.05) is 18.0 Å². The Morgan fingerprint density at radius 1 is 1.20 bits per heavy atom. The van der Waals surface area contributed by atoms with Crippen LogP contribution >= 0.6 is 0 Å². The second-order valence-electron chi connectivity index (χ2n) is 6.83. The van der Waals surface area contributed by atoms with E-state index in [4.69, 9.17) is 0 Å². The Kier molecular flexibility index (Phi) is 3.96. The highest BCUT2D eigenvalue weighted by molar-refractivity contribution is 5.94. The zero-order valence-corrected chi connectivity index (χ0v) is 14.7. The largest absolute Gasteiger partial charge is 0.358 e. The molecule has 0 bridgehead atoms. The Labute approximate surface area is 147 Å². The summed E-state index contributed by atoms with van der Waals surface area (Å²) in [5, 5.41) is 4.33. The number of benzene rings is 2. The molecule has 2 amide bonds. The third-order valence-electron chi connectivity index (χ3n) is 5.14. The maximum atomic E-state index is 12.6. The van der Waals surface area contributed by atoms with Crippen LogP contribution in [0.25, 0.3) is 10.9 Å². The molecule has 0 spiro atoms. The van der Waals surface area contributed by atoms with Gasteiger partial charge in [0, 0.05) is 41.3 Å². The fraction of sp³-hybridized carbons (Fsp3) is 0.286. The van der Waals surface area contributed by atoms with Crippen LogP contribution in [0.4, 0.5) is 10.5 Å². The van der Waals surface area contributed by atoms with E-state index in [1.807, 2.05) is 29.2 Å². The second-order valence-corrected chi connectivity index (χ2v) is 6.83. The smallest absolute Gasteiger partial charge is 0.321 e. The number of nitrogens with zero attached hydrogens (tertiary/aromatic N) is 1. The standard InChI is InChI=1S/C21H23N3O/c1-14-13-24(20-10-6-4-7-16(14)20)21(25)22-12-11-17-15(2)23-19-9-5-3-8-18(17)19/h3-10,14,23H,11-13H2,1-2H3,(H,22,25). The van der Waals surface area contributed by atoms with Gasteiger partial charge in [0.1, 0.15) is 0 Å². The molecule has 2 heterocycles. The number of urea groups is 1. The van der Waals surface area contributed by atoms with Gasteiger partial charge >= 0.3 is 6.03 Å². The first-order valence-corrected chi connectivity index (χ1v) is 8.85. The Morgan fingerprint density at radius 3 is 2.84 bits per heavy atom. The van der Waals surface area contributed by atoms with E-state index >= 15 is 0 Å². The molecule has 1 aromatic heterocycles. The number of fused-ring (bicyclic) bond motifs is 2. The molecule has 0 fully saturated rings. The molecule has 1 aliphatic rings. The van der Waals surface area contributed by atoms with Crippen LogP contribution in [0.1, 0.15) is 29.7 Å². The first-order chi connectivity index (χ1) is 12.1. The quantitative estimate of drug-likeness (QED) is 0.735. The summed E-state index contributed by atoms with van der Waals surface area (Å²) in [6, 6.07) is 16.5. The number of para-hydroxylation sites is 2. The fourth-order valence-electron chi connectivity index (χ4n) is 3.86. The van der Waals surface area contributed by atoms with Gasteiger partial charge in [-0.3, -0.25) is 4.90 Å². The first kappa shape index (κ1) is 15.8. The monoisotopic (exact) mass is 333 g/mol. The van der Waals surface area contributed by atoms with Crippen LogP contribution in [-0.4, -0.2) is 24.1 Å². The highest BCUT2D eigenvalue weighted by Crippen LogP contribution is 2.35. The van der Waals surface area contributed by atoms with E-state index in [-0.39, 0.29) is 6.03 Å².